The van der Waals surface area contributed by atoms with Crippen LogP contribution in [0.15, 0.2) is 29.2 Å². The number of hydrogen-bond acceptors (Lipinski definition) is 4. The molecule has 17 heavy (non-hydrogen) atoms. The highest BCUT2D eigenvalue weighted by Gasteiger charge is 2.31. The molecule has 0 aliphatic carbocycles. The van der Waals surface area contributed by atoms with Gasteiger partial charge in [0.2, 0.25) is 10.0 Å². The molecule has 94 valence electrons. The zero-order valence-corrected chi connectivity index (χ0v) is 10.2. The predicted octanol–water partition coefficient (Wildman–Crippen LogP) is -0.0994. The number of nitrogens with zero attached hydrogens (tertiary/aromatic N) is 1. The van der Waals surface area contributed by atoms with Crippen molar-refractivity contribution in [2.75, 3.05) is 13.1 Å². The summed E-state index contributed by atoms with van der Waals surface area (Å²) in [6.45, 7) is 0.950. The molecular formula is C11H16N2O3S. The molecule has 0 radical (unpaired) electrons. The molecule has 1 atom stereocenters. The van der Waals surface area contributed by atoms with Crippen molar-refractivity contribution in [2.45, 2.75) is 24.0 Å². The van der Waals surface area contributed by atoms with Crippen molar-refractivity contribution in [3.05, 3.63) is 29.8 Å². The number of β-amino-alcohol motifs (C(OH)–C–C–N with tert-alkyl or cyclic N) is 1. The monoisotopic (exact) mass is 256 g/mol. The van der Waals surface area contributed by atoms with Gasteiger partial charge >= 0.3 is 0 Å². The number of sulfonamides is 1. The van der Waals surface area contributed by atoms with Gasteiger partial charge in [-0.05, 0) is 24.1 Å². The number of rotatable bonds is 3. The van der Waals surface area contributed by atoms with Crippen molar-refractivity contribution in [1.29, 1.82) is 0 Å². The third-order valence-electron chi connectivity index (χ3n) is 2.92. The van der Waals surface area contributed by atoms with Crippen LogP contribution in [0.2, 0.25) is 0 Å². The highest BCUT2D eigenvalue weighted by atomic mass is 32.2. The lowest BCUT2D eigenvalue weighted by Crippen LogP contribution is -2.29. The Morgan fingerprint density at radius 1 is 1.35 bits per heavy atom. The Morgan fingerprint density at radius 2 is 2.00 bits per heavy atom. The summed E-state index contributed by atoms with van der Waals surface area (Å²) in [4.78, 5) is 0.254. The van der Waals surface area contributed by atoms with E-state index in [1.807, 2.05) is 0 Å². The highest BCUT2D eigenvalue weighted by molar-refractivity contribution is 7.89. The molecule has 0 aromatic heterocycles. The summed E-state index contributed by atoms with van der Waals surface area (Å²) in [5.41, 5.74) is 6.35. The average molecular weight is 256 g/mol. The summed E-state index contributed by atoms with van der Waals surface area (Å²) in [7, 11) is -3.46. The van der Waals surface area contributed by atoms with Gasteiger partial charge in [-0.3, -0.25) is 0 Å². The average Bonchev–Trinajstić information content (AvgIpc) is 2.77. The van der Waals surface area contributed by atoms with E-state index >= 15 is 0 Å². The minimum Gasteiger partial charge on any atom is -0.392 e. The smallest absolute Gasteiger partial charge is 0.243 e. The quantitative estimate of drug-likeness (QED) is 0.791. The number of aliphatic hydroxyl groups is 1. The first-order chi connectivity index (χ1) is 8.04. The fraction of sp³-hybridized carbons (Fsp3) is 0.455. The van der Waals surface area contributed by atoms with E-state index in [1.165, 1.54) is 4.31 Å². The zero-order valence-electron chi connectivity index (χ0n) is 9.41. The summed E-state index contributed by atoms with van der Waals surface area (Å²) in [5.74, 6) is 0. The lowest BCUT2D eigenvalue weighted by molar-refractivity contribution is 0.189. The minimum absolute atomic E-state index is 0.182. The molecule has 1 unspecified atom stereocenters. The molecule has 2 rings (SSSR count). The van der Waals surface area contributed by atoms with Gasteiger partial charge in [0.1, 0.15) is 0 Å². The van der Waals surface area contributed by atoms with Crippen LogP contribution < -0.4 is 5.73 Å². The Kier molecular flexibility index (Phi) is 3.48. The molecule has 1 fully saturated rings. The van der Waals surface area contributed by atoms with Gasteiger partial charge in [-0.15, -0.1) is 0 Å². The Bertz CT molecular complexity index is 484. The normalized spacial score (nSPS) is 21.9. The molecule has 3 N–H and O–H groups in total. The van der Waals surface area contributed by atoms with Gasteiger partial charge in [0, 0.05) is 19.6 Å². The number of aliphatic hydroxyl groups excluding tert-OH is 1. The van der Waals surface area contributed by atoms with Gasteiger partial charge in [0.15, 0.2) is 0 Å². The Morgan fingerprint density at radius 3 is 2.47 bits per heavy atom. The molecule has 5 nitrogen and oxygen atoms in total. The van der Waals surface area contributed by atoms with Crippen LogP contribution in [0.4, 0.5) is 0 Å². The van der Waals surface area contributed by atoms with E-state index in [2.05, 4.69) is 0 Å². The second-order valence-corrected chi connectivity index (χ2v) is 6.09. The topological polar surface area (TPSA) is 83.6 Å². The van der Waals surface area contributed by atoms with Crippen LogP contribution >= 0.6 is 0 Å². The van der Waals surface area contributed by atoms with E-state index < -0.39 is 16.1 Å². The van der Waals surface area contributed by atoms with Crippen molar-refractivity contribution >= 4 is 10.0 Å². The number of benzene rings is 1. The second-order valence-electron chi connectivity index (χ2n) is 4.15. The molecule has 0 amide bonds. The Labute approximate surface area is 101 Å². The van der Waals surface area contributed by atoms with E-state index in [4.69, 9.17) is 5.73 Å². The summed E-state index contributed by atoms with van der Waals surface area (Å²) < 4.78 is 25.6. The fourth-order valence-electron chi connectivity index (χ4n) is 1.88. The van der Waals surface area contributed by atoms with Crippen LogP contribution in [-0.2, 0) is 16.6 Å². The number of hydrogen-bond donors (Lipinski definition) is 2. The first-order valence-corrected chi connectivity index (χ1v) is 6.95. The summed E-state index contributed by atoms with van der Waals surface area (Å²) in [6.07, 6.45) is -0.0480. The predicted molar refractivity (Wildman–Crippen MR) is 63.7 cm³/mol. The van der Waals surface area contributed by atoms with Gasteiger partial charge in [0.05, 0.1) is 11.0 Å². The van der Waals surface area contributed by atoms with E-state index in [0.717, 1.165) is 5.56 Å². The van der Waals surface area contributed by atoms with Gasteiger partial charge < -0.3 is 10.8 Å². The Balaban J connectivity index is 2.25. The van der Waals surface area contributed by atoms with E-state index in [1.54, 1.807) is 24.3 Å². The SMILES string of the molecule is NCc1ccc(S(=O)(=O)N2CCC(O)C2)cc1. The van der Waals surface area contributed by atoms with Crippen molar-refractivity contribution in [3.63, 3.8) is 0 Å². The van der Waals surface area contributed by atoms with Crippen LogP contribution in [0.3, 0.4) is 0 Å². The fourth-order valence-corrected chi connectivity index (χ4v) is 3.37. The van der Waals surface area contributed by atoms with Crippen LogP contribution in [0.5, 0.6) is 0 Å². The minimum atomic E-state index is -3.46. The standard InChI is InChI=1S/C11H16N2O3S/c12-7-9-1-3-11(4-2-9)17(15,16)13-6-5-10(14)8-13/h1-4,10,14H,5-8,12H2. The molecule has 6 heteroatoms. The van der Waals surface area contributed by atoms with E-state index in [0.29, 0.717) is 19.5 Å². The maximum absolute atomic E-state index is 12.2. The Hall–Kier alpha value is -0.950. The largest absolute Gasteiger partial charge is 0.392 e. The summed E-state index contributed by atoms with van der Waals surface area (Å²) >= 11 is 0. The van der Waals surface area contributed by atoms with Gasteiger partial charge in [0.25, 0.3) is 0 Å². The zero-order chi connectivity index (χ0) is 12.5. The van der Waals surface area contributed by atoms with Crippen molar-refractivity contribution in [1.82, 2.24) is 4.31 Å². The molecule has 1 aliphatic rings. The highest BCUT2D eigenvalue weighted by Crippen LogP contribution is 2.21. The number of nitrogens with two attached hydrogens (primary N) is 1. The second kappa shape index (κ2) is 4.73. The molecule has 0 spiro atoms. The maximum Gasteiger partial charge on any atom is 0.243 e. The molecule has 1 saturated heterocycles. The summed E-state index contributed by atoms with van der Waals surface area (Å²) in [5, 5.41) is 9.37. The van der Waals surface area contributed by atoms with Gasteiger partial charge in [-0.25, -0.2) is 8.42 Å². The van der Waals surface area contributed by atoms with Crippen LogP contribution in [0.25, 0.3) is 0 Å². The lowest BCUT2D eigenvalue weighted by Gasteiger charge is -2.15. The van der Waals surface area contributed by atoms with Crippen LogP contribution in [0.1, 0.15) is 12.0 Å². The maximum atomic E-state index is 12.2. The molecule has 1 aromatic rings. The van der Waals surface area contributed by atoms with E-state index in [9.17, 15) is 13.5 Å². The molecular weight excluding hydrogens is 240 g/mol. The molecule has 1 aromatic carbocycles. The first-order valence-electron chi connectivity index (χ1n) is 5.51. The third kappa shape index (κ3) is 2.50. The van der Waals surface area contributed by atoms with Crippen LogP contribution in [-0.4, -0.2) is 37.0 Å². The van der Waals surface area contributed by atoms with E-state index in [-0.39, 0.29) is 11.4 Å². The molecule has 0 saturated carbocycles. The molecule has 1 aliphatic heterocycles. The van der Waals surface area contributed by atoms with Crippen molar-refractivity contribution in [2.24, 2.45) is 5.73 Å². The summed E-state index contributed by atoms with van der Waals surface area (Å²) in [6, 6.07) is 6.53. The van der Waals surface area contributed by atoms with Crippen LogP contribution in [0, 0.1) is 0 Å². The third-order valence-corrected chi connectivity index (χ3v) is 4.80. The van der Waals surface area contributed by atoms with Gasteiger partial charge in [-0.1, -0.05) is 12.1 Å². The molecule has 0 bridgehead atoms. The van der Waals surface area contributed by atoms with Crippen molar-refractivity contribution in [3.8, 4) is 0 Å². The molecule has 1 heterocycles. The lowest BCUT2D eigenvalue weighted by atomic mass is 10.2. The first kappa shape index (κ1) is 12.5. The van der Waals surface area contributed by atoms with Crippen molar-refractivity contribution < 1.29 is 13.5 Å². The van der Waals surface area contributed by atoms with Gasteiger partial charge in [-0.2, -0.15) is 4.31 Å².